The Labute approximate surface area is 338 Å². The van der Waals surface area contributed by atoms with Crippen LogP contribution in [-0.2, 0) is 20.7 Å². The van der Waals surface area contributed by atoms with E-state index in [0.717, 1.165) is 56.5 Å². The first-order valence-electron chi connectivity index (χ1n) is 21.8. The molecule has 3 aliphatic rings. The summed E-state index contributed by atoms with van der Waals surface area (Å²) < 4.78 is 12.8. The zero-order valence-corrected chi connectivity index (χ0v) is 37.5. The van der Waals surface area contributed by atoms with E-state index < -0.39 is 5.60 Å². The van der Waals surface area contributed by atoms with Crippen LogP contribution in [0.15, 0.2) is 70.6 Å². The molecule has 1 aromatic rings. The van der Waals surface area contributed by atoms with Crippen LogP contribution in [0, 0.1) is 35.0 Å². The van der Waals surface area contributed by atoms with Gasteiger partial charge in [0.2, 0.25) is 0 Å². The number of rotatable bonds is 10. The summed E-state index contributed by atoms with van der Waals surface area (Å²) >= 11 is 0. The summed E-state index contributed by atoms with van der Waals surface area (Å²) in [6.45, 7) is 27.2. The molecule has 1 aromatic carbocycles. The zero-order chi connectivity index (χ0) is 40.9. The van der Waals surface area contributed by atoms with Crippen molar-refractivity contribution in [2.75, 3.05) is 27.7 Å². The molecule has 6 heteroatoms. The Morgan fingerprint density at radius 2 is 1.58 bits per heavy atom. The number of benzene rings is 1. The molecule has 1 N–H and O–H groups in total. The SMILES string of the molecule is C=C1O[C@H](CC)[C@@]2(C)CC(C)N/C2=C(C)/C(=C/C=NCCCCCc2ccccc2)[C@H](C)C[C@@](C)(OC)C[C@@H](C)C(=O)C1C.CC1CC(C)CC(N(C)C)C1. The first kappa shape index (κ1) is 46.7. The van der Waals surface area contributed by atoms with Crippen molar-refractivity contribution in [2.24, 2.45) is 40.0 Å². The molecule has 1 aliphatic carbocycles. The van der Waals surface area contributed by atoms with E-state index in [1.165, 1.54) is 54.5 Å². The van der Waals surface area contributed by atoms with Gasteiger partial charge in [0.15, 0.2) is 0 Å². The number of hydrogen-bond donors (Lipinski definition) is 1. The van der Waals surface area contributed by atoms with Crippen molar-refractivity contribution in [1.29, 1.82) is 0 Å². The molecule has 1 saturated heterocycles. The third-order valence-corrected chi connectivity index (χ3v) is 13.1. The maximum atomic E-state index is 13.6. The summed E-state index contributed by atoms with van der Waals surface area (Å²) in [5.74, 6) is 2.27. The van der Waals surface area contributed by atoms with Crippen LogP contribution in [0.4, 0.5) is 0 Å². The van der Waals surface area contributed by atoms with Gasteiger partial charge in [0, 0.05) is 49.0 Å². The summed E-state index contributed by atoms with van der Waals surface area (Å²) in [6.07, 6.45) is 16.2. The predicted molar refractivity (Wildman–Crippen MR) is 235 cm³/mol. The monoisotopic (exact) mass is 760 g/mol. The van der Waals surface area contributed by atoms with Gasteiger partial charge in [-0.3, -0.25) is 9.79 Å². The van der Waals surface area contributed by atoms with Crippen LogP contribution in [0.25, 0.3) is 0 Å². The lowest BCUT2D eigenvalue weighted by molar-refractivity contribution is -0.129. The van der Waals surface area contributed by atoms with E-state index in [9.17, 15) is 4.79 Å². The minimum Gasteiger partial charge on any atom is -0.494 e. The van der Waals surface area contributed by atoms with Crippen molar-refractivity contribution in [1.82, 2.24) is 10.2 Å². The van der Waals surface area contributed by atoms with E-state index in [4.69, 9.17) is 14.5 Å². The van der Waals surface area contributed by atoms with Crippen molar-refractivity contribution < 1.29 is 14.3 Å². The van der Waals surface area contributed by atoms with E-state index in [2.05, 4.69) is 123 Å². The van der Waals surface area contributed by atoms with Gasteiger partial charge in [-0.25, -0.2) is 0 Å². The number of carbonyl (C=O) groups is 1. The topological polar surface area (TPSA) is 63.2 Å². The van der Waals surface area contributed by atoms with Crippen molar-refractivity contribution >= 4 is 12.0 Å². The minimum absolute atomic E-state index is 0.0868. The summed E-state index contributed by atoms with van der Waals surface area (Å²) in [5.41, 5.74) is 4.48. The van der Waals surface area contributed by atoms with Crippen LogP contribution in [0.1, 0.15) is 139 Å². The number of aliphatic imine (C=N–C) groups is 1. The van der Waals surface area contributed by atoms with Crippen LogP contribution in [0.3, 0.4) is 0 Å². The predicted octanol–water partition coefficient (Wildman–Crippen LogP) is 11.4. The third-order valence-electron chi connectivity index (χ3n) is 13.1. The van der Waals surface area contributed by atoms with Gasteiger partial charge in [-0.2, -0.15) is 0 Å². The Morgan fingerprint density at radius 1 is 0.945 bits per heavy atom. The van der Waals surface area contributed by atoms with Gasteiger partial charge < -0.3 is 19.7 Å². The highest BCUT2D eigenvalue weighted by Crippen LogP contribution is 2.47. The second kappa shape index (κ2) is 21.7. The molecule has 0 aromatic heterocycles. The standard InChI is InChI=1S/C39H60N2O3.C10H21N/c1-11-35-39(9)26-29(4)41-37(39)31(6)34(21-23-40-22-17-13-16-20-33-18-14-12-15-19-33)27(2)24-38(8,43-10)25-28(3)36(42)30(5)32(7)44-35;1-8-5-9(2)7-10(6-8)11(3)4/h12,14-15,18-19,21,23,27-30,35,41H,7,11,13,16-17,20,22,24-26H2,1-6,8-10H3;8-10H,5-7H2,1-4H3/b34-21+,37-31+,40-23?;/t27-,28-,29?,30?,35-,38-,39-;/m1./s1. The van der Waals surface area contributed by atoms with Gasteiger partial charge >= 0.3 is 0 Å². The number of carbonyl (C=O) groups excluding carboxylic acids is 1. The van der Waals surface area contributed by atoms with E-state index in [1.54, 1.807) is 7.11 Å². The first-order valence-corrected chi connectivity index (χ1v) is 21.8. The minimum atomic E-state index is -0.452. The molecular formula is C49H81N3O3. The normalized spacial score (nSPS) is 35.9. The van der Waals surface area contributed by atoms with Crippen LogP contribution in [-0.4, -0.2) is 68.4 Å². The molecule has 0 radical (unpaired) electrons. The Bertz CT molecular complexity index is 1440. The molecule has 2 heterocycles. The fourth-order valence-electron chi connectivity index (χ4n) is 10.0. The molecule has 310 valence electrons. The van der Waals surface area contributed by atoms with E-state index >= 15 is 0 Å². The van der Waals surface area contributed by atoms with Crippen LogP contribution < -0.4 is 5.32 Å². The summed E-state index contributed by atoms with van der Waals surface area (Å²) in [6, 6.07) is 11.9. The molecule has 9 atom stereocenters. The molecule has 2 fully saturated rings. The van der Waals surface area contributed by atoms with Crippen LogP contribution in [0.2, 0.25) is 0 Å². The van der Waals surface area contributed by atoms with E-state index in [-0.39, 0.29) is 35.1 Å². The molecule has 0 spiro atoms. The maximum absolute atomic E-state index is 13.6. The second-order valence-electron chi connectivity index (χ2n) is 18.6. The van der Waals surface area contributed by atoms with Crippen LogP contribution >= 0.6 is 0 Å². The molecule has 6 nitrogen and oxygen atoms in total. The number of ketones is 1. The fraction of sp³-hybridized carbons (Fsp3) is 0.714. The number of ether oxygens (including phenoxy) is 2. The van der Waals surface area contributed by atoms with Crippen molar-refractivity contribution in [2.45, 2.75) is 164 Å². The van der Waals surface area contributed by atoms with Gasteiger partial charge in [-0.1, -0.05) is 84.9 Å². The highest BCUT2D eigenvalue weighted by molar-refractivity contribution is 5.85. The number of methoxy groups -OCH3 is 1. The number of nitrogens with zero attached hydrogens (tertiary/aromatic N) is 2. The number of unbranched alkanes of at least 4 members (excludes halogenated alkanes) is 2. The largest absolute Gasteiger partial charge is 0.494 e. The fourth-order valence-corrected chi connectivity index (χ4v) is 10.0. The van der Waals surface area contributed by atoms with E-state index in [0.29, 0.717) is 18.2 Å². The molecule has 0 amide bonds. The highest BCUT2D eigenvalue weighted by Gasteiger charge is 2.47. The van der Waals surface area contributed by atoms with Crippen molar-refractivity contribution in [3.05, 3.63) is 71.2 Å². The lowest BCUT2D eigenvalue weighted by Gasteiger charge is -2.39. The third kappa shape index (κ3) is 13.4. The number of allylic oxidation sites excluding steroid dienone is 4. The lowest BCUT2D eigenvalue weighted by Crippen LogP contribution is -2.39. The Kier molecular flexibility index (Phi) is 18.4. The smallest absolute Gasteiger partial charge is 0.146 e. The van der Waals surface area contributed by atoms with Gasteiger partial charge in [-0.05, 0) is 147 Å². The number of nitrogens with one attached hydrogen (secondary N) is 1. The molecule has 0 bridgehead atoms. The van der Waals surface area contributed by atoms with Crippen molar-refractivity contribution in [3.63, 3.8) is 0 Å². The van der Waals surface area contributed by atoms with Gasteiger partial charge in [-0.15, -0.1) is 0 Å². The number of aryl methyl sites for hydroxylation is 1. The maximum Gasteiger partial charge on any atom is 0.146 e. The lowest BCUT2D eigenvalue weighted by atomic mass is 9.73. The number of hydrogen-bond acceptors (Lipinski definition) is 6. The Hall–Kier alpha value is -2.70. The molecule has 55 heavy (non-hydrogen) atoms. The molecule has 4 rings (SSSR count). The summed E-state index contributed by atoms with van der Waals surface area (Å²) in [5, 5.41) is 3.84. The quantitative estimate of drug-likeness (QED) is 0.190. The molecule has 4 unspecified atom stereocenters. The molecule has 2 aliphatic heterocycles. The average Bonchev–Trinajstić information content (AvgIpc) is 3.46. The summed E-state index contributed by atoms with van der Waals surface area (Å²) in [4.78, 5) is 20.8. The Morgan fingerprint density at radius 3 is 2.18 bits per heavy atom. The zero-order valence-electron chi connectivity index (χ0n) is 37.5. The average molecular weight is 760 g/mol. The Balaban J connectivity index is 0.000000632. The first-order chi connectivity index (χ1) is 25.9. The van der Waals surface area contributed by atoms with Gasteiger partial charge in [0.05, 0.1) is 17.3 Å². The molecule has 1 saturated carbocycles. The van der Waals surface area contributed by atoms with E-state index in [1.807, 2.05) is 20.1 Å². The number of Topliss-reactive ketones (excluding diaryl/α,β-unsaturated/α-hetero) is 1. The van der Waals surface area contributed by atoms with Crippen LogP contribution in [0.5, 0.6) is 0 Å². The van der Waals surface area contributed by atoms with Gasteiger partial charge in [0.1, 0.15) is 11.9 Å². The second-order valence-corrected chi connectivity index (χ2v) is 18.6. The summed E-state index contributed by atoms with van der Waals surface area (Å²) in [7, 11) is 6.18. The van der Waals surface area contributed by atoms with Gasteiger partial charge in [0.25, 0.3) is 0 Å². The highest BCUT2D eigenvalue weighted by atomic mass is 16.5. The number of fused-ring (bicyclic) bond motifs is 1. The molecular weight excluding hydrogens is 679 g/mol. The van der Waals surface area contributed by atoms with Crippen molar-refractivity contribution in [3.8, 4) is 0 Å².